The van der Waals surface area contributed by atoms with Crippen LogP contribution in [0.3, 0.4) is 0 Å². The van der Waals surface area contributed by atoms with E-state index in [1.165, 1.54) is 15.9 Å². The van der Waals surface area contributed by atoms with Crippen molar-refractivity contribution in [3.63, 3.8) is 0 Å². The first-order chi connectivity index (χ1) is 23.8. The molecule has 0 fully saturated rings. The van der Waals surface area contributed by atoms with Gasteiger partial charge in [-0.2, -0.15) is 0 Å². The summed E-state index contributed by atoms with van der Waals surface area (Å²) >= 11 is 0. The molecule has 4 heterocycles. The molecular formula is C46H50N4OPt. The first-order valence-electron chi connectivity index (χ1n) is 18.3. The van der Waals surface area contributed by atoms with Gasteiger partial charge in [0.1, 0.15) is 5.69 Å². The molecule has 0 bridgehead atoms. The van der Waals surface area contributed by atoms with E-state index >= 15 is 0 Å². The van der Waals surface area contributed by atoms with Gasteiger partial charge in [-0.25, -0.2) is 9.97 Å². The second-order valence-electron chi connectivity index (χ2n) is 18.4. The van der Waals surface area contributed by atoms with Crippen molar-refractivity contribution in [1.82, 2.24) is 14.5 Å². The molecule has 6 heteroatoms. The third-order valence-electron chi connectivity index (χ3n) is 12.2. The molecule has 1 aliphatic carbocycles. The molecule has 3 aromatic heterocycles. The zero-order valence-corrected chi connectivity index (χ0v) is 34.8. The third kappa shape index (κ3) is 4.94. The van der Waals surface area contributed by atoms with Crippen LogP contribution in [-0.4, -0.2) is 19.7 Å². The summed E-state index contributed by atoms with van der Waals surface area (Å²) in [5, 5.41) is 11.4. The van der Waals surface area contributed by atoms with Crippen LogP contribution in [0.25, 0.3) is 56.1 Å². The van der Waals surface area contributed by atoms with Crippen molar-refractivity contribution in [2.75, 3.05) is 0 Å². The number of fused-ring (bicyclic) bond motifs is 8. The summed E-state index contributed by atoms with van der Waals surface area (Å²) in [5.41, 5.74) is 13.8. The van der Waals surface area contributed by atoms with E-state index in [0.717, 1.165) is 72.9 Å². The number of nitrogens with zero attached hydrogens (tertiary/aromatic N) is 4. The largest absolute Gasteiger partial charge is 0.317 e. The zero-order chi connectivity index (χ0) is 36.6. The SMILES string of the molecule is CC(C)(C)c1cc(C(C)(C)C)c2c(n1)-c1nc3c(-c4[c-]c5c(cc4)C(C)(C)c4c(-c6ccccc6)cc[n+](O)c4-5)cccc3n1C(C)(C)C2(C)C.[Pt]. The predicted octanol–water partition coefficient (Wildman–Crippen LogP) is 10.7. The van der Waals surface area contributed by atoms with Crippen molar-refractivity contribution >= 4 is 11.0 Å². The van der Waals surface area contributed by atoms with Crippen LogP contribution in [-0.2, 0) is 48.3 Å². The maximum Gasteiger partial charge on any atom is 0.214 e. The topological polar surface area (TPSA) is 54.8 Å². The molecule has 3 aromatic carbocycles. The fourth-order valence-electron chi connectivity index (χ4n) is 8.71. The van der Waals surface area contributed by atoms with Crippen molar-refractivity contribution in [2.45, 2.75) is 110 Å². The van der Waals surface area contributed by atoms with Gasteiger partial charge in [0, 0.05) is 49.2 Å². The monoisotopic (exact) mass is 869 g/mol. The van der Waals surface area contributed by atoms with Crippen LogP contribution in [0, 0.1) is 6.07 Å². The van der Waals surface area contributed by atoms with Crippen molar-refractivity contribution in [3.8, 4) is 45.0 Å². The van der Waals surface area contributed by atoms with E-state index in [1.54, 1.807) is 6.20 Å². The summed E-state index contributed by atoms with van der Waals surface area (Å²) in [6.07, 6.45) is 1.75. The number of rotatable bonds is 2. The van der Waals surface area contributed by atoms with Crippen LogP contribution in [0.5, 0.6) is 0 Å². The van der Waals surface area contributed by atoms with Crippen molar-refractivity contribution in [2.24, 2.45) is 0 Å². The molecule has 8 rings (SSSR count). The van der Waals surface area contributed by atoms with Crippen LogP contribution in [0.1, 0.15) is 111 Å². The van der Waals surface area contributed by atoms with Gasteiger partial charge >= 0.3 is 0 Å². The van der Waals surface area contributed by atoms with Crippen LogP contribution in [0.15, 0.2) is 79.0 Å². The Morgan fingerprint density at radius 2 is 1.44 bits per heavy atom. The van der Waals surface area contributed by atoms with E-state index in [1.807, 2.05) is 12.1 Å². The molecule has 1 N–H and O–H groups in total. The quantitative estimate of drug-likeness (QED) is 0.107. The van der Waals surface area contributed by atoms with Crippen molar-refractivity contribution in [3.05, 3.63) is 113 Å². The Morgan fingerprint density at radius 1 is 0.750 bits per heavy atom. The standard InChI is InChI=1S/C46H50N4O.Pt/c1-42(2,3)33-26-35(43(4,5)6)47-39-37(33)45(9,10)46(11,12)50-34-20-16-19-30(38(34)48-41(39)50)28-21-22-32-31(25-28)40-36(44(32,7)8)29(23-24-49(40)51)27-17-14-13-15-18-27;/h13-24,26,51H,1-12H3;. The zero-order valence-electron chi connectivity index (χ0n) is 32.6. The minimum Gasteiger partial charge on any atom is -0.317 e. The molecule has 1 aliphatic heterocycles. The predicted molar refractivity (Wildman–Crippen MR) is 207 cm³/mol. The minimum absolute atomic E-state index is 0. The van der Waals surface area contributed by atoms with Gasteiger partial charge in [-0.05, 0) is 69.4 Å². The number of imidazole rings is 1. The number of hydrogen-bond donors (Lipinski definition) is 1. The molecule has 5 nitrogen and oxygen atoms in total. The number of hydrogen-bond acceptors (Lipinski definition) is 3. The molecule has 0 spiro atoms. The second-order valence-corrected chi connectivity index (χ2v) is 18.4. The van der Waals surface area contributed by atoms with Crippen LogP contribution in [0.2, 0.25) is 0 Å². The molecular weight excluding hydrogens is 820 g/mol. The van der Waals surface area contributed by atoms with Crippen LogP contribution in [0.4, 0.5) is 0 Å². The number of para-hydroxylation sites is 1. The third-order valence-corrected chi connectivity index (χ3v) is 12.2. The summed E-state index contributed by atoms with van der Waals surface area (Å²) in [5.74, 6) is 0.918. The smallest absolute Gasteiger partial charge is 0.214 e. The molecule has 2 aliphatic rings. The van der Waals surface area contributed by atoms with Crippen LogP contribution < -0.4 is 4.73 Å². The number of aromatic nitrogens is 4. The molecule has 52 heavy (non-hydrogen) atoms. The molecule has 0 radical (unpaired) electrons. The van der Waals surface area contributed by atoms with Gasteiger partial charge < -0.3 is 4.57 Å². The van der Waals surface area contributed by atoms with Gasteiger partial charge in [-0.3, -0.25) is 5.21 Å². The van der Waals surface area contributed by atoms with E-state index < -0.39 is 0 Å². The fraction of sp³-hybridized carbons (Fsp3) is 0.370. The van der Waals surface area contributed by atoms with Crippen molar-refractivity contribution < 1.29 is 31.0 Å². The van der Waals surface area contributed by atoms with E-state index in [2.05, 4.69) is 154 Å². The van der Waals surface area contributed by atoms with Gasteiger partial charge in [0.15, 0.2) is 5.82 Å². The average Bonchev–Trinajstić information content (AvgIpc) is 3.57. The number of benzene rings is 3. The van der Waals surface area contributed by atoms with E-state index in [4.69, 9.17) is 9.97 Å². The first-order valence-corrected chi connectivity index (χ1v) is 18.3. The fourth-order valence-corrected chi connectivity index (χ4v) is 8.71. The molecule has 0 unspecified atom stereocenters. The summed E-state index contributed by atoms with van der Waals surface area (Å²) in [6.45, 7) is 27.6. The Labute approximate surface area is 323 Å². The molecule has 0 saturated heterocycles. The van der Waals surface area contributed by atoms with E-state index in [9.17, 15) is 5.21 Å². The maximum atomic E-state index is 11.4. The van der Waals surface area contributed by atoms with E-state index in [0.29, 0.717) is 0 Å². The summed E-state index contributed by atoms with van der Waals surface area (Å²) < 4.78 is 3.72. The Kier molecular flexibility index (Phi) is 8.00. The Balaban J connectivity index is 0.00000420. The van der Waals surface area contributed by atoms with Crippen molar-refractivity contribution in [1.29, 1.82) is 0 Å². The Morgan fingerprint density at radius 3 is 2.10 bits per heavy atom. The summed E-state index contributed by atoms with van der Waals surface area (Å²) in [4.78, 5) is 11.0. The van der Waals surface area contributed by atoms with Gasteiger partial charge in [-0.1, -0.05) is 123 Å². The second kappa shape index (κ2) is 11.5. The Bertz CT molecular complexity index is 2420. The molecule has 0 atom stereocenters. The molecule has 6 aromatic rings. The number of pyridine rings is 2. The van der Waals surface area contributed by atoms with Gasteiger partial charge in [0.25, 0.3) is 0 Å². The van der Waals surface area contributed by atoms with Gasteiger partial charge in [-0.15, -0.1) is 23.8 Å². The van der Waals surface area contributed by atoms with E-state index in [-0.39, 0.29) is 48.3 Å². The Hall–Kier alpha value is -4.08. The maximum absolute atomic E-state index is 11.4. The summed E-state index contributed by atoms with van der Waals surface area (Å²) in [7, 11) is 0. The van der Waals surface area contributed by atoms with Gasteiger partial charge in [0.05, 0.1) is 16.6 Å². The molecule has 0 saturated carbocycles. The molecule has 0 amide bonds. The van der Waals surface area contributed by atoms with Crippen LogP contribution >= 0.6 is 0 Å². The first kappa shape index (κ1) is 36.3. The average molecular weight is 870 g/mol. The minimum atomic E-state index is -0.337. The normalized spacial score (nSPS) is 16.5. The van der Waals surface area contributed by atoms with Gasteiger partial charge in [0.2, 0.25) is 11.9 Å². The molecule has 270 valence electrons. The summed E-state index contributed by atoms with van der Waals surface area (Å²) in [6, 6.07) is 29.5.